The smallest absolute Gasteiger partial charge is 0.407 e. The Hall–Kier alpha value is -1.71. The number of carbonyl (C=O) groups excluding carboxylic acids is 1. The molecule has 0 saturated heterocycles. The van der Waals surface area contributed by atoms with Crippen LogP contribution in [0.4, 0.5) is 10.5 Å². The lowest BCUT2D eigenvalue weighted by molar-refractivity contribution is 0.137. The van der Waals surface area contributed by atoms with Crippen molar-refractivity contribution in [2.75, 3.05) is 5.73 Å². The number of rotatable bonds is 3. The lowest BCUT2D eigenvalue weighted by atomic mass is 10.2. The normalized spacial score (nSPS) is 10.1. The second-order valence-electron chi connectivity index (χ2n) is 3.57. The number of para-hydroxylation sites is 1. The van der Waals surface area contributed by atoms with Gasteiger partial charge in [-0.05, 0) is 19.9 Å². The number of nitrogen functional groups attached to an aromatic ring is 1. The number of hydrogen-bond acceptors (Lipinski definition) is 3. The van der Waals surface area contributed by atoms with E-state index in [1.807, 2.05) is 32.0 Å². The number of nitrogens with one attached hydrogen (secondary N) is 1. The highest BCUT2D eigenvalue weighted by Crippen LogP contribution is 2.11. The van der Waals surface area contributed by atoms with E-state index in [4.69, 9.17) is 10.5 Å². The Kier molecular flexibility index (Phi) is 3.97. The van der Waals surface area contributed by atoms with Crippen LogP contribution in [0.25, 0.3) is 0 Å². The van der Waals surface area contributed by atoms with Crippen molar-refractivity contribution in [1.29, 1.82) is 0 Å². The summed E-state index contributed by atoms with van der Waals surface area (Å²) in [6.45, 7) is 3.95. The lowest BCUT2D eigenvalue weighted by Crippen LogP contribution is -2.30. The van der Waals surface area contributed by atoms with Gasteiger partial charge in [0.2, 0.25) is 0 Å². The Labute approximate surface area is 89.4 Å². The third kappa shape index (κ3) is 3.89. The predicted molar refractivity (Wildman–Crippen MR) is 59.3 cm³/mol. The molecule has 4 nitrogen and oxygen atoms in total. The van der Waals surface area contributed by atoms with Crippen LogP contribution in [-0.2, 0) is 11.3 Å². The van der Waals surface area contributed by atoms with E-state index in [9.17, 15) is 4.79 Å². The van der Waals surface area contributed by atoms with Crippen LogP contribution in [-0.4, -0.2) is 12.1 Å². The quantitative estimate of drug-likeness (QED) is 0.746. The van der Waals surface area contributed by atoms with Gasteiger partial charge < -0.3 is 15.8 Å². The molecule has 0 bridgehead atoms. The second kappa shape index (κ2) is 5.24. The molecule has 0 spiro atoms. The lowest BCUT2D eigenvalue weighted by Gasteiger charge is -2.10. The van der Waals surface area contributed by atoms with Gasteiger partial charge in [-0.3, -0.25) is 0 Å². The average Bonchev–Trinajstić information content (AvgIpc) is 2.15. The van der Waals surface area contributed by atoms with Gasteiger partial charge in [-0.15, -0.1) is 0 Å². The van der Waals surface area contributed by atoms with Crippen molar-refractivity contribution in [3.05, 3.63) is 29.8 Å². The fourth-order valence-electron chi connectivity index (χ4n) is 1.09. The third-order valence-corrected chi connectivity index (χ3v) is 1.82. The van der Waals surface area contributed by atoms with E-state index in [0.717, 1.165) is 5.56 Å². The fraction of sp³-hybridized carbons (Fsp3) is 0.364. The molecule has 0 aromatic heterocycles. The molecule has 1 aromatic carbocycles. The number of amides is 1. The standard InChI is InChI=1S/C11H16N2O2/c1-8(2)13-11(14)15-7-9-5-3-4-6-10(9)12/h3-6,8H,7,12H2,1-2H3,(H,13,14). The molecule has 0 radical (unpaired) electrons. The van der Waals surface area contributed by atoms with Gasteiger partial charge in [0.25, 0.3) is 0 Å². The molecule has 0 fully saturated rings. The van der Waals surface area contributed by atoms with Gasteiger partial charge in [-0.2, -0.15) is 0 Å². The van der Waals surface area contributed by atoms with E-state index < -0.39 is 6.09 Å². The Morgan fingerprint density at radius 3 is 2.73 bits per heavy atom. The summed E-state index contributed by atoms with van der Waals surface area (Å²) in [7, 11) is 0. The predicted octanol–water partition coefficient (Wildman–Crippen LogP) is 1.90. The maximum atomic E-state index is 11.2. The summed E-state index contributed by atoms with van der Waals surface area (Å²) < 4.78 is 4.99. The van der Waals surface area contributed by atoms with Crippen molar-refractivity contribution < 1.29 is 9.53 Å². The van der Waals surface area contributed by atoms with Gasteiger partial charge in [0.15, 0.2) is 0 Å². The highest BCUT2D eigenvalue weighted by Gasteiger charge is 2.05. The van der Waals surface area contributed by atoms with Crippen molar-refractivity contribution in [1.82, 2.24) is 5.32 Å². The summed E-state index contributed by atoms with van der Waals surface area (Å²) in [4.78, 5) is 11.2. The van der Waals surface area contributed by atoms with Crippen LogP contribution in [0.15, 0.2) is 24.3 Å². The van der Waals surface area contributed by atoms with E-state index in [0.29, 0.717) is 5.69 Å². The first kappa shape index (κ1) is 11.4. The first-order valence-electron chi connectivity index (χ1n) is 4.86. The van der Waals surface area contributed by atoms with Crippen LogP contribution >= 0.6 is 0 Å². The molecule has 0 aliphatic rings. The monoisotopic (exact) mass is 208 g/mol. The maximum Gasteiger partial charge on any atom is 0.407 e. The van der Waals surface area contributed by atoms with Crippen molar-refractivity contribution in [3.63, 3.8) is 0 Å². The molecular formula is C11H16N2O2. The number of nitrogens with two attached hydrogens (primary N) is 1. The Bertz CT molecular complexity index is 337. The van der Waals surface area contributed by atoms with E-state index in [1.165, 1.54) is 0 Å². The van der Waals surface area contributed by atoms with Gasteiger partial charge in [0.05, 0.1) is 0 Å². The third-order valence-electron chi connectivity index (χ3n) is 1.82. The van der Waals surface area contributed by atoms with Crippen molar-refractivity contribution in [2.45, 2.75) is 26.5 Å². The van der Waals surface area contributed by atoms with Gasteiger partial charge in [-0.1, -0.05) is 18.2 Å². The van der Waals surface area contributed by atoms with Crippen LogP contribution in [0.2, 0.25) is 0 Å². The number of ether oxygens (including phenoxy) is 1. The topological polar surface area (TPSA) is 64.3 Å². The highest BCUT2D eigenvalue weighted by atomic mass is 16.5. The first-order chi connectivity index (χ1) is 7.09. The number of alkyl carbamates (subject to hydrolysis) is 1. The minimum atomic E-state index is -0.423. The van der Waals surface area contributed by atoms with Gasteiger partial charge >= 0.3 is 6.09 Å². The molecule has 0 aliphatic carbocycles. The molecular weight excluding hydrogens is 192 g/mol. The average molecular weight is 208 g/mol. The molecule has 82 valence electrons. The summed E-state index contributed by atoms with van der Waals surface area (Å²) in [5.41, 5.74) is 7.15. The second-order valence-corrected chi connectivity index (χ2v) is 3.57. The molecule has 0 atom stereocenters. The minimum Gasteiger partial charge on any atom is -0.445 e. The van der Waals surface area contributed by atoms with E-state index in [1.54, 1.807) is 6.07 Å². The first-order valence-corrected chi connectivity index (χ1v) is 4.86. The largest absolute Gasteiger partial charge is 0.445 e. The van der Waals surface area contributed by atoms with Gasteiger partial charge in [0, 0.05) is 17.3 Å². The highest BCUT2D eigenvalue weighted by molar-refractivity contribution is 5.67. The van der Waals surface area contributed by atoms with E-state index in [-0.39, 0.29) is 12.6 Å². The molecule has 0 saturated carbocycles. The minimum absolute atomic E-state index is 0.0746. The fourth-order valence-corrected chi connectivity index (χ4v) is 1.09. The zero-order valence-corrected chi connectivity index (χ0v) is 8.99. The Balaban J connectivity index is 2.44. The van der Waals surface area contributed by atoms with Crippen molar-refractivity contribution in [2.24, 2.45) is 0 Å². The Morgan fingerprint density at radius 2 is 2.13 bits per heavy atom. The molecule has 0 aliphatic heterocycles. The number of benzene rings is 1. The van der Waals surface area contributed by atoms with Crippen LogP contribution < -0.4 is 11.1 Å². The van der Waals surface area contributed by atoms with Crippen molar-refractivity contribution in [3.8, 4) is 0 Å². The summed E-state index contributed by atoms with van der Waals surface area (Å²) in [5, 5.41) is 2.63. The SMILES string of the molecule is CC(C)NC(=O)OCc1ccccc1N. The molecule has 1 amide bonds. The summed E-state index contributed by atoms with van der Waals surface area (Å²) in [6, 6.07) is 7.38. The molecule has 0 unspecified atom stereocenters. The van der Waals surface area contributed by atoms with Crippen LogP contribution in [0.1, 0.15) is 19.4 Å². The molecule has 4 heteroatoms. The molecule has 15 heavy (non-hydrogen) atoms. The molecule has 1 aromatic rings. The van der Waals surface area contributed by atoms with E-state index in [2.05, 4.69) is 5.32 Å². The zero-order chi connectivity index (χ0) is 11.3. The molecule has 1 rings (SSSR count). The Morgan fingerprint density at radius 1 is 1.47 bits per heavy atom. The number of hydrogen-bond donors (Lipinski definition) is 2. The number of carbonyl (C=O) groups is 1. The van der Waals surface area contributed by atoms with Crippen LogP contribution in [0.3, 0.4) is 0 Å². The van der Waals surface area contributed by atoms with Crippen molar-refractivity contribution >= 4 is 11.8 Å². The maximum absolute atomic E-state index is 11.2. The zero-order valence-electron chi connectivity index (χ0n) is 8.99. The van der Waals surface area contributed by atoms with Crippen LogP contribution in [0, 0.1) is 0 Å². The summed E-state index contributed by atoms with van der Waals surface area (Å²) in [5.74, 6) is 0. The molecule has 3 N–H and O–H groups in total. The van der Waals surface area contributed by atoms with E-state index >= 15 is 0 Å². The van der Waals surface area contributed by atoms with Gasteiger partial charge in [0.1, 0.15) is 6.61 Å². The summed E-state index contributed by atoms with van der Waals surface area (Å²) >= 11 is 0. The van der Waals surface area contributed by atoms with Gasteiger partial charge in [-0.25, -0.2) is 4.79 Å². The van der Waals surface area contributed by atoms with Crippen LogP contribution in [0.5, 0.6) is 0 Å². The molecule has 0 heterocycles. The summed E-state index contributed by atoms with van der Waals surface area (Å²) in [6.07, 6.45) is -0.423. The number of anilines is 1.